The van der Waals surface area contributed by atoms with E-state index in [0.717, 1.165) is 59.9 Å². The Morgan fingerprint density at radius 1 is 1.11 bits per heavy atom. The number of rotatable bonds is 12. The normalized spacial score (nSPS) is 18.6. The summed E-state index contributed by atoms with van der Waals surface area (Å²) in [5.74, 6) is -0.687. The van der Waals surface area contributed by atoms with Gasteiger partial charge in [-0.1, -0.05) is 40.5 Å². The number of fused-ring (bicyclic) bond motifs is 1. The van der Waals surface area contributed by atoms with Crippen molar-refractivity contribution in [3.63, 3.8) is 0 Å². The zero-order valence-corrected chi connectivity index (χ0v) is 23.4. The maximum absolute atomic E-state index is 11.1. The van der Waals surface area contributed by atoms with Gasteiger partial charge in [-0.15, -0.1) is 0 Å². The highest BCUT2D eigenvalue weighted by molar-refractivity contribution is 6.27. The molecule has 1 aromatic heterocycles. The second kappa shape index (κ2) is 16.3. The van der Waals surface area contributed by atoms with Gasteiger partial charge in [-0.3, -0.25) is 4.98 Å². The molecule has 0 spiro atoms. The summed E-state index contributed by atoms with van der Waals surface area (Å²) in [4.78, 5) is 25.4. The van der Waals surface area contributed by atoms with E-state index < -0.39 is 18.0 Å². The van der Waals surface area contributed by atoms with Gasteiger partial charge >= 0.3 is 11.9 Å². The minimum Gasteiger partial charge on any atom is -0.494 e. The minimum atomic E-state index is -1.82. The van der Waals surface area contributed by atoms with Crippen LogP contribution in [-0.2, 0) is 9.59 Å². The van der Waals surface area contributed by atoms with Crippen LogP contribution in [0.1, 0.15) is 84.3 Å². The number of ether oxygens (including phenoxy) is 1. The fraction of sp³-hybridized carbons (Fsp3) is 0.633. The third-order valence-corrected chi connectivity index (χ3v) is 7.39. The lowest BCUT2D eigenvalue weighted by atomic mass is 9.80. The van der Waals surface area contributed by atoms with E-state index in [1.807, 2.05) is 24.4 Å². The van der Waals surface area contributed by atoms with Gasteiger partial charge in [0, 0.05) is 18.1 Å². The fourth-order valence-electron chi connectivity index (χ4n) is 5.05. The first-order chi connectivity index (χ1) is 18.2. The number of unbranched alkanes of at least 4 members (excludes halogenated alkanes) is 1. The number of benzene rings is 1. The van der Waals surface area contributed by atoms with Gasteiger partial charge in [0.25, 0.3) is 0 Å². The van der Waals surface area contributed by atoms with E-state index >= 15 is 0 Å². The van der Waals surface area contributed by atoms with E-state index in [9.17, 15) is 5.11 Å². The molecule has 1 aliphatic heterocycles. The smallest absolute Gasteiger partial charge is 0.414 e. The topological polar surface area (TPSA) is 120 Å². The first-order valence-corrected chi connectivity index (χ1v) is 14.0. The van der Waals surface area contributed by atoms with E-state index in [4.69, 9.17) is 24.5 Å². The molecule has 0 radical (unpaired) electrons. The van der Waals surface area contributed by atoms with Crippen molar-refractivity contribution in [2.75, 3.05) is 26.2 Å². The SMILES string of the molecule is CCCCN1CC[C@@H](CCC(O)c2ccnc3ccc(OCCC(C)C)cc23)[C@@H](CC)C1.O=C(O)C(=O)O. The monoisotopic (exact) mass is 530 g/mol. The van der Waals surface area contributed by atoms with Crippen LogP contribution in [-0.4, -0.2) is 63.4 Å². The molecule has 3 N–H and O–H groups in total. The van der Waals surface area contributed by atoms with Crippen molar-refractivity contribution < 1.29 is 29.6 Å². The predicted molar refractivity (Wildman–Crippen MR) is 149 cm³/mol. The number of likely N-dealkylation sites (tertiary alicyclic amines) is 1. The first-order valence-electron chi connectivity index (χ1n) is 14.0. The number of aromatic nitrogens is 1. The number of hydrogen-bond donors (Lipinski definition) is 3. The van der Waals surface area contributed by atoms with Gasteiger partial charge in [0.2, 0.25) is 0 Å². The van der Waals surface area contributed by atoms with Gasteiger partial charge in [-0.2, -0.15) is 0 Å². The number of carbonyl (C=O) groups is 2. The van der Waals surface area contributed by atoms with Gasteiger partial charge in [0.05, 0.1) is 18.2 Å². The Labute approximate surface area is 227 Å². The summed E-state index contributed by atoms with van der Waals surface area (Å²) in [5.41, 5.74) is 1.91. The summed E-state index contributed by atoms with van der Waals surface area (Å²) in [6.07, 6.45) is 9.38. The molecule has 2 aromatic rings. The van der Waals surface area contributed by atoms with E-state index in [-0.39, 0.29) is 0 Å². The first kappa shape index (κ1) is 31.5. The molecule has 38 heavy (non-hydrogen) atoms. The van der Waals surface area contributed by atoms with Crippen molar-refractivity contribution in [2.24, 2.45) is 17.8 Å². The van der Waals surface area contributed by atoms with Crippen molar-refractivity contribution >= 4 is 22.8 Å². The average Bonchev–Trinajstić information content (AvgIpc) is 2.90. The molecule has 0 saturated carbocycles. The summed E-state index contributed by atoms with van der Waals surface area (Å²) in [6.45, 7) is 13.4. The molecule has 8 heteroatoms. The quantitative estimate of drug-likeness (QED) is 0.296. The summed E-state index contributed by atoms with van der Waals surface area (Å²) in [6, 6.07) is 8.04. The molecule has 3 rings (SSSR count). The van der Waals surface area contributed by atoms with Crippen molar-refractivity contribution in [3.8, 4) is 5.75 Å². The molecule has 3 atom stereocenters. The maximum atomic E-state index is 11.1. The molecule has 8 nitrogen and oxygen atoms in total. The predicted octanol–water partition coefficient (Wildman–Crippen LogP) is 5.78. The standard InChI is InChI=1S/C28H44N2O2.C2H2O4/c1-5-7-16-30-17-13-23(22(6-2)20-30)8-11-28(31)25-12-15-29-27-10-9-24(19-26(25)27)32-18-14-21(3)4;3-1(4)2(5)6/h9-10,12,15,19,21-23,28,31H,5-8,11,13-14,16-18,20H2,1-4H3;(H,3,4)(H,5,6)/t22-,23+,28?;/m0./s1. The number of carboxylic acid groups (broad SMARTS) is 2. The molecule has 0 aliphatic carbocycles. The Kier molecular flexibility index (Phi) is 13.5. The number of pyridine rings is 1. The van der Waals surface area contributed by atoms with Crippen LogP contribution in [0.15, 0.2) is 30.5 Å². The molecule has 1 unspecified atom stereocenters. The van der Waals surface area contributed by atoms with Gasteiger partial charge in [0.1, 0.15) is 5.75 Å². The highest BCUT2D eigenvalue weighted by Crippen LogP contribution is 2.34. The van der Waals surface area contributed by atoms with Crippen LogP contribution < -0.4 is 4.74 Å². The highest BCUT2D eigenvalue weighted by Gasteiger charge is 2.28. The van der Waals surface area contributed by atoms with Gasteiger partial charge in [-0.25, -0.2) is 9.59 Å². The van der Waals surface area contributed by atoms with E-state index in [1.54, 1.807) is 0 Å². The summed E-state index contributed by atoms with van der Waals surface area (Å²) >= 11 is 0. The zero-order chi connectivity index (χ0) is 28.1. The van der Waals surface area contributed by atoms with Gasteiger partial charge in [-0.05, 0) is 92.8 Å². The Morgan fingerprint density at radius 2 is 1.84 bits per heavy atom. The van der Waals surface area contributed by atoms with Crippen molar-refractivity contribution in [1.29, 1.82) is 0 Å². The summed E-state index contributed by atoms with van der Waals surface area (Å²) in [7, 11) is 0. The number of piperidine rings is 1. The van der Waals surface area contributed by atoms with Gasteiger partial charge < -0.3 is 25.0 Å². The fourth-order valence-corrected chi connectivity index (χ4v) is 5.05. The molecular formula is C30H46N2O6. The Balaban J connectivity index is 0.000000757. The molecule has 1 saturated heterocycles. The summed E-state index contributed by atoms with van der Waals surface area (Å²) in [5, 5.41) is 26.9. The highest BCUT2D eigenvalue weighted by atomic mass is 16.5. The third-order valence-electron chi connectivity index (χ3n) is 7.39. The third kappa shape index (κ3) is 10.2. The van der Waals surface area contributed by atoms with E-state index in [2.05, 4.69) is 43.6 Å². The second-order valence-corrected chi connectivity index (χ2v) is 10.7. The number of hydrogen-bond acceptors (Lipinski definition) is 6. The molecule has 1 aliphatic rings. The number of aliphatic hydroxyl groups is 1. The van der Waals surface area contributed by atoms with Crippen molar-refractivity contribution in [1.82, 2.24) is 9.88 Å². The molecule has 0 bridgehead atoms. The average molecular weight is 531 g/mol. The zero-order valence-electron chi connectivity index (χ0n) is 23.4. The Hall–Kier alpha value is -2.71. The molecule has 1 aromatic carbocycles. The van der Waals surface area contributed by atoms with Gasteiger partial charge in [0.15, 0.2) is 0 Å². The van der Waals surface area contributed by atoms with Crippen LogP contribution in [0.3, 0.4) is 0 Å². The number of nitrogens with zero attached hydrogens (tertiary/aromatic N) is 2. The summed E-state index contributed by atoms with van der Waals surface area (Å²) < 4.78 is 5.97. The van der Waals surface area contributed by atoms with Crippen LogP contribution in [0, 0.1) is 17.8 Å². The molecule has 1 fully saturated rings. The molecular weight excluding hydrogens is 484 g/mol. The molecule has 0 amide bonds. The van der Waals surface area contributed by atoms with Crippen LogP contribution in [0.5, 0.6) is 5.75 Å². The van der Waals surface area contributed by atoms with Crippen molar-refractivity contribution in [2.45, 2.75) is 78.7 Å². The molecule has 212 valence electrons. The van der Waals surface area contributed by atoms with Crippen LogP contribution in [0.2, 0.25) is 0 Å². The molecule has 2 heterocycles. The van der Waals surface area contributed by atoms with E-state index in [1.165, 1.54) is 45.3 Å². The van der Waals surface area contributed by atoms with Crippen LogP contribution in [0.4, 0.5) is 0 Å². The Bertz CT molecular complexity index is 999. The largest absolute Gasteiger partial charge is 0.494 e. The number of aliphatic carboxylic acids is 2. The van der Waals surface area contributed by atoms with Crippen molar-refractivity contribution in [3.05, 3.63) is 36.0 Å². The van der Waals surface area contributed by atoms with E-state index in [0.29, 0.717) is 5.92 Å². The maximum Gasteiger partial charge on any atom is 0.414 e. The second-order valence-electron chi connectivity index (χ2n) is 10.7. The van der Waals surface area contributed by atoms with Crippen LogP contribution >= 0.6 is 0 Å². The number of aliphatic hydroxyl groups excluding tert-OH is 1. The minimum absolute atomic E-state index is 0.456. The number of carboxylic acids is 2. The lowest BCUT2D eigenvalue weighted by molar-refractivity contribution is -0.159. The Morgan fingerprint density at radius 3 is 2.47 bits per heavy atom. The lowest BCUT2D eigenvalue weighted by Crippen LogP contribution is -2.40. The lowest BCUT2D eigenvalue weighted by Gasteiger charge is -2.38. The van der Waals surface area contributed by atoms with Crippen LogP contribution in [0.25, 0.3) is 10.9 Å².